The van der Waals surface area contributed by atoms with Gasteiger partial charge in [-0.05, 0) is 36.4 Å². The predicted octanol–water partition coefficient (Wildman–Crippen LogP) is 2.93. The molecule has 0 aliphatic rings. The highest BCUT2D eigenvalue weighted by atomic mass is 32.2. The fraction of sp³-hybridized carbons (Fsp3) is 0.167. The number of anilines is 2. The number of hydrogen-bond acceptors (Lipinski definition) is 4. The van der Waals surface area contributed by atoms with Crippen molar-refractivity contribution in [2.45, 2.75) is 0 Å². The maximum Gasteiger partial charge on any atom is 0.245 e. The first-order valence-electron chi connectivity index (χ1n) is 7.77. The van der Waals surface area contributed by atoms with Crippen LogP contribution in [0, 0.1) is 11.6 Å². The minimum atomic E-state index is -3.90. The van der Waals surface area contributed by atoms with Crippen molar-refractivity contribution in [3.05, 3.63) is 66.8 Å². The van der Waals surface area contributed by atoms with E-state index in [2.05, 4.69) is 11.9 Å². The second kappa shape index (κ2) is 8.63. The number of halogens is 2. The molecule has 0 heterocycles. The number of carbonyl (C=O) groups excluding carboxylic acids is 1. The zero-order chi connectivity index (χ0) is 20.0. The van der Waals surface area contributed by atoms with Crippen LogP contribution in [0.25, 0.3) is 0 Å². The number of nitrogens with zero attached hydrogens (tertiary/aromatic N) is 1. The third kappa shape index (κ3) is 5.78. The van der Waals surface area contributed by atoms with Gasteiger partial charge in [0.2, 0.25) is 15.9 Å². The van der Waals surface area contributed by atoms with Crippen molar-refractivity contribution in [1.29, 1.82) is 0 Å². The Labute approximate surface area is 156 Å². The molecule has 1 N–H and O–H groups in total. The summed E-state index contributed by atoms with van der Waals surface area (Å²) in [6.07, 6.45) is 2.46. The van der Waals surface area contributed by atoms with Gasteiger partial charge in [-0.25, -0.2) is 17.2 Å². The van der Waals surface area contributed by atoms with E-state index in [9.17, 15) is 22.0 Å². The molecule has 1 amide bonds. The number of hydrogen-bond donors (Lipinski definition) is 1. The molecule has 2 rings (SSSR count). The smallest absolute Gasteiger partial charge is 0.245 e. The Balaban J connectivity index is 2.12. The van der Waals surface area contributed by atoms with Crippen LogP contribution >= 0.6 is 0 Å². The Hall–Kier alpha value is -2.94. The van der Waals surface area contributed by atoms with E-state index in [1.54, 1.807) is 30.3 Å². The largest absolute Gasteiger partial charge is 0.490 e. The monoisotopic (exact) mass is 396 g/mol. The lowest BCUT2D eigenvalue weighted by atomic mass is 10.3. The van der Waals surface area contributed by atoms with Gasteiger partial charge < -0.3 is 10.1 Å². The summed E-state index contributed by atoms with van der Waals surface area (Å²) in [7, 11) is -3.90. The van der Waals surface area contributed by atoms with Crippen molar-refractivity contribution in [3.8, 4) is 5.75 Å². The SMILES string of the molecule is C=CCOc1ccc(NC(=O)CN(c2ccc(F)c(F)c2)S(C)(=O)=O)cc1. The predicted molar refractivity (Wildman–Crippen MR) is 99.3 cm³/mol. The van der Waals surface area contributed by atoms with Crippen LogP contribution in [-0.2, 0) is 14.8 Å². The highest BCUT2D eigenvalue weighted by Crippen LogP contribution is 2.21. The molecule has 0 spiro atoms. The number of ether oxygens (including phenoxy) is 1. The van der Waals surface area contributed by atoms with E-state index >= 15 is 0 Å². The number of sulfonamides is 1. The van der Waals surface area contributed by atoms with Crippen LogP contribution in [-0.4, -0.2) is 33.7 Å². The summed E-state index contributed by atoms with van der Waals surface area (Å²) >= 11 is 0. The number of carbonyl (C=O) groups is 1. The number of amides is 1. The quantitative estimate of drug-likeness (QED) is 0.696. The van der Waals surface area contributed by atoms with Crippen LogP contribution in [0.3, 0.4) is 0 Å². The van der Waals surface area contributed by atoms with E-state index in [1.807, 2.05) is 0 Å². The molecule has 9 heteroatoms. The van der Waals surface area contributed by atoms with Crippen LogP contribution in [0.15, 0.2) is 55.1 Å². The minimum absolute atomic E-state index is 0.153. The van der Waals surface area contributed by atoms with Gasteiger partial charge in [0.15, 0.2) is 11.6 Å². The van der Waals surface area contributed by atoms with Crippen molar-refractivity contribution in [1.82, 2.24) is 0 Å². The maximum absolute atomic E-state index is 13.4. The van der Waals surface area contributed by atoms with Crippen LogP contribution in [0.2, 0.25) is 0 Å². The van der Waals surface area contributed by atoms with Gasteiger partial charge in [-0.15, -0.1) is 0 Å². The van der Waals surface area contributed by atoms with E-state index in [0.29, 0.717) is 22.3 Å². The summed E-state index contributed by atoms with van der Waals surface area (Å²) in [6.45, 7) is 3.27. The Bertz CT molecular complexity index is 931. The molecule has 27 heavy (non-hydrogen) atoms. The van der Waals surface area contributed by atoms with Crippen LogP contribution < -0.4 is 14.4 Å². The lowest BCUT2D eigenvalue weighted by molar-refractivity contribution is -0.114. The van der Waals surface area contributed by atoms with Gasteiger partial charge in [-0.3, -0.25) is 9.10 Å². The topological polar surface area (TPSA) is 75.7 Å². The molecule has 0 saturated heterocycles. The highest BCUT2D eigenvalue weighted by molar-refractivity contribution is 7.92. The Kier molecular flexibility index (Phi) is 6.51. The van der Waals surface area contributed by atoms with Gasteiger partial charge in [0.1, 0.15) is 18.9 Å². The van der Waals surface area contributed by atoms with Gasteiger partial charge in [-0.1, -0.05) is 12.7 Å². The van der Waals surface area contributed by atoms with Crippen LogP contribution in [0.4, 0.5) is 20.2 Å². The van der Waals surface area contributed by atoms with E-state index < -0.39 is 34.1 Å². The lowest BCUT2D eigenvalue weighted by Crippen LogP contribution is -2.37. The first-order valence-corrected chi connectivity index (χ1v) is 9.62. The highest BCUT2D eigenvalue weighted by Gasteiger charge is 2.22. The van der Waals surface area contributed by atoms with Crippen molar-refractivity contribution in [2.24, 2.45) is 0 Å². The average molecular weight is 396 g/mol. The third-order valence-electron chi connectivity index (χ3n) is 3.38. The number of nitrogens with one attached hydrogen (secondary N) is 1. The molecule has 0 atom stereocenters. The molecule has 0 radical (unpaired) electrons. The molecule has 0 unspecified atom stereocenters. The molecule has 0 aromatic heterocycles. The average Bonchev–Trinajstić information content (AvgIpc) is 2.60. The van der Waals surface area contributed by atoms with E-state index in [4.69, 9.17) is 4.74 Å². The summed E-state index contributed by atoms with van der Waals surface area (Å²) in [5.74, 6) is -2.40. The molecular formula is C18H18F2N2O4S. The van der Waals surface area contributed by atoms with E-state index in [1.165, 1.54) is 0 Å². The Morgan fingerprint density at radius 1 is 1.19 bits per heavy atom. The normalized spacial score (nSPS) is 10.9. The van der Waals surface area contributed by atoms with Gasteiger partial charge in [0, 0.05) is 11.8 Å². The molecule has 2 aromatic rings. The third-order valence-corrected chi connectivity index (χ3v) is 4.53. The fourth-order valence-electron chi connectivity index (χ4n) is 2.16. The fourth-order valence-corrected chi connectivity index (χ4v) is 3.01. The Morgan fingerprint density at radius 3 is 2.41 bits per heavy atom. The summed E-state index contributed by atoms with van der Waals surface area (Å²) in [4.78, 5) is 12.2. The van der Waals surface area contributed by atoms with E-state index in [0.717, 1.165) is 24.5 Å². The second-order valence-electron chi connectivity index (χ2n) is 5.54. The minimum Gasteiger partial charge on any atom is -0.490 e. The van der Waals surface area contributed by atoms with Crippen LogP contribution in [0.5, 0.6) is 5.75 Å². The van der Waals surface area contributed by atoms with Crippen molar-refractivity contribution in [3.63, 3.8) is 0 Å². The standard InChI is InChI=1S/C18H18F2N2O4S/c1-3-10-26-15-7-4-13(5-8-15)21-18(23)12-22(27(2,24)25)14-6-9-16(19)17(20)11-14/h3-9,11H,1,10,12H2,2H3,(H,21,23). The molecule has 2 aromatic carbocycles. The first kappa shape index (κ1) is 20.4. The van der Waals surface area contributed by atoms with Crippen molar-refractivity contribution >= 4 is 27.3 Å². The molecule has 144 valence electrons. The molecule has 0 aliphatic carbocycles. The molecular weight excluding hydrogens is 378 g/mol. The molecule has 0 fully saturated rings. The zero-order valence-electron chi connectivity index (χ0n) is 14.5. The van der Waals surface area contributed by atoms with Crippen molar-refractivity contribution in [2.75, 3.05) is 29.0 Å². The summed E-state index contributed by atoms with van der Waals surface area (Å²) in [6, 6.07) is 9.01. The van der Waals surface area contributed by atoms with Gasteiger partial charge in [0.25, 0.3) is 0 Å². The molecule has 0 bridgehead atoms. The molecule has 0 aliphatic heterocycles. The lowest BCUT2D eigenvalue weighted by Gasteiger charge is -2.22. The van der Waals surface area contributed by atoms with Gasteiger partial charge >= 0.3 is 0 Å². The number of benzene rings is 2. The summed E-state index contributed by atoms with van der Waals surface area (Å²) in [5.41, 5.74) is 0.268. The van der Waals surface area contributed by atoms with Crippen LogP contribution in [0.1, 0.15) is 0 Å². The summed E-state index contributed by atoms with van der Waals surface area (Å²) < 4.78 is 56.4. The zero-order valence-corrected chi connectivity index (χ0v) is 15.3. The number of rotatable bonds is 8. The molecule has 6 nitrogen and oxygen atoms in total. The Morgan fingerprint density at radius 2 is 1.85 bits per heavy atom. The van der Waals surface area contributed by atoms with Gasteiger partial charge in [0.05, 0.1) is 11.9 Å². The maximum atomic E-state index is 13.4. The van der Waals surface area contributed by atoms with Crippen molar-refractivity contribution < 1.29 is 26.7 Å². The molecule has 0 saturated carbocycles. The first-order chi connectivity index (χ1) is 12.7. The summed E-state index contributed by atoms with van der Waals surface area (Å²) in [5, 5.41) is 2.53. The van der Waals surface area contributed by atoms with E-state index in [-0.39, 0.29) is 5.69 Å². The second-order valence-corrected chi connectivity index (χ2v) is 7.45. The van der Waals surface area contributed by atoms with Gasteiger partial charge in [-0.2, -0.15) is 0 Å².